The molecule has 3 aromatic heterocycles. The lowest BCUT2D eigenvalue weighted by Crippen LogP contribution is -2.39. The first-order chi connectivity index (χ1) is 13.4. The van der Waals surface area contributed by atoms with Gasteiger partial charge in [0.1, 0.15) is 5.52 Å². The fraction of sp³-hybridized carbons (Fsp3) is 0.529. The van der Waals surface area contributed by atoms with Gasteiger partial charge in [0.25, 0.3) is 0 Å². The number of hydrogen-bond donors (Lipinski definition) is 2. The summed E-state index contributed by atoms with van der Waals surface area (Å²) in [6.45, 7) is 2.84. The van der Waals surface area contributed by atoms with Gasteiger partial charge < -0.3 is 14.8 Å². The molecule has 4 heterocycles. The van der Waals surface area contributed by atoms with E-state index in [9.17, 15) is 8.78 Å². The van der Waals surface area contributed by atoms with E-state index in [1.807, 2.05) is 4.68 Å². The quantitative estimate of drug-likeness (QED) is 0.663. The second-order valence-electron chi connectivity index (χ2n) is 7.18. The summed E-state index contributed by atoms with van der Waals surface area (Å²) < 4.78 is 36.2. The lowest BCUT2D eigenvalue weighted by molar-refractivity contribution is -0.0528. The summed E-state index contributed by atoms with van der Waals surface area (Å²) in [7, 11) is 0. The first-order valence-electron chi connectivity index (χ1n) is 9.00. The maximum absolute atomic E-state index is 12.3. The van der Waals surface area contributed by atoms with E-state index < -0.39 is 6.61 Å². The Balaban J connectivity index is 1.60. The zero-order chi connectivity index (χ0) is 19.7. The largest absolute Gasteiger partial charge is 0.417 e. The van der Waals surface area contributed by atoms with Crippen LogP contribution >= 0.6 is 0 Å². The summed E-state index contributed by atoms with van der Waals surface area (Å²) in [4.78, 5) is 9.00. The number of hydrogen-bond acceptors (Lipinski definition) is 7. The number of aromatic amines is 1. The summed E-state index contributed by atoms with van der Waals surface area (Å²) in [5, 5.41) is 13.7. The van der Waals surface area contributed by atoms with Crippen LogP contribution in [0.1, 0.15) is 26.7 Å². The van der Waals surface area contributed by atoms with Gasteiger partial charge in [0.05, 0.1) is 17.9 Å². The number of H-pyrrole nitrogens is 1. The predicted molar refractivity (Wildman–Crippen MR) is 96.7 cm³/mol. The van der Waals surface area contributed by atoms with E-state index in [-0.39, 0.29) is 11.4 Å². The molecule has 9 nitrogen and oxygen atoms in total. The van der Waals surface area contributed by atoms with Crippen molar-refractivity contribution in [2.75, 3.05) is 18.5 Å². The molecule has 28 heavy (non-hydrogen) atoms. The van der Waals surface area contributed by atoms with Crippen LogP contribution in [0.2, 0.25) is 0 Å². The Kier molecular flexibility index (Phi) is 4.84. The SMILES string of the molecule is CC(C)(C1CCOCC1)n1ncc2ncc(Nc3cc(OC(F)F)[nH]n3)nc21. The zero-order valence-corrected chi connectivity index (χ0v) is 15.5. The lowest BCUT2D eigenvalue weighted by atomic mass is 9.82. The van der Waals surface area contributed by atoms with Crippen molar-refractivity contribution >= 4 is 22.8 Å². The van der Waals surface area contributed by atoms with Gasteiger partial charge in [-0.1, -0.05) is 0 Å². The lowest BCUT2D eigenvalue weighted by Gasteiger charge is -2.37. The molecular formula is C17H21F2N7O2. The van der Waals surface area contributed by atoms with Crippen LogP contribution in [0.3, 0.4) is 0 Å². The second-order valence-corrected chi connectivity index (χ2v) is 7.18. The second kappa shape index (κ2) is 7.30. The normalized spacial score (nSPS) is 16.0. The van der Waals surface area contributed by atoms with Crippen LogP contribution in [0.4, 0.5) is 20.4 Å². The van der Waals surface area contributed by atoms with Crippen LogP contribution in [-0.2, 0) is 10.3 Å². The van der Waals surface area contributed by atoms with Gasteiger partial charge in [-0.2, -0.15) is 19.0 Å². The van der Waals surface area contributed by atoms with Crippen molar-refractivity contribution in [3.63, 3.8) is 0 Å². The molecule has 0 saturated carbocycles. The first kappa shape index (κ1) is 18.5. The molecule has 0 amide bonds. The molecule has 0 atom stereocenters. The molecule has 0 unspecified atom stereocenters. The molecule has 0 bridgehead atoms. The Labute approximate surface area is 159 Å². The summed E-state index contributed by atoms with van der Waals surface area (Å²) in [5.41, 5.74) is 1.05. The number of nitrogens with one attached hydrogen (secondary N) is 2. The number of aromatic nitrogens is 6. The smallest absolute Gasteiger partial charge is 0.388 e. The molecular weight excluding hydrogens is 372 g/mol. The standard InChI is InChI=1S/C17H21F2N7O2/c1-17(2,10-3-5-27-6-4-10)26-15-11(8-21-26)20-9-13(23-15)22-12-7-14(25-24-12)28-16(18)19/h7-10,16H,3-6H2,1-2H3,(H2,22,23,24,25). The summed E-state index contributed by atoms with van der Waals surface area (Å²) in [5.74, 6) is 0.978. The van der Waals surface area contributed by atoms with Crippen molar-refractivity contribution in [2.45, 2.75) is 38.8 Å². The zero-order valence-electron chi connectivity index (χ0n) is 15.5. The van der Waals surface area contributed by atoms with E-state index in [0.29, 0.717) is 28.7 Å². The Morgan fingerprint density at radius 2 is 2.07 bits per heavy atom. The highest BCUT2D eigenvalue weighted by Gasteiger charge is 2.35. The van der Waals surface area contributed by atoms with Gasteiger partial charge in [-0.15, -0.1) is 0 Å². The number of fused-ring (bicyclic) bond motifs is 1. The minimum Gasteiger partial charge on any atom is -0.417 e. The molecule has 2 N–H and O–H groups in total. The average molecular weight is 393 g/mol. The fourth-order valence-electron chi connectivity index (χ4n) is 3.52. The number of rotatable bonds is 6. The average Bonchev–Trinajstić information content (AvgIpc) is 3.29. The first-order valence-corrected chi connectivity index (χ1v) is 9.00. The molecule has 150 valence electrons. The molecule has 0 aromatic carbocycles. The van der Waals surface area contributed by atoms with Crippen molar-refractivity contribution in [3.05, 3.63) is 18.5 Å². The van der Waals surface area contributed by atoms with Gasteiger partial charge >= 0.3 is 6.61 Å². The Morgan fingerprint density at radius 3 is 2.82 bits per heavy atom. The Hall–Kier alpha value is -2.82. The fourth-order valence-corrected chi connectivity index (χ4v) is 3.52. The van der Waals surface area contributed by atoms with Crippen molar-refractivity contribution < 1.29 is 18.3 Å². The molecule has 3 aromatic rings. The van der Waals surface area contributed by atoms with Gasteiger partial charge in [-0.3, -0.25) is 0 Å². The topological polar surface area (TPSA) is 103 Å². The van der Waals surface area contributed by atoms with Crippen molar-refractivity contribution in [1.82, 2.24) is 29.9 Å². The van der Waals surface area contributed by atoms with E-state index in [2.05, 4.69) is 49.2 Å². The third kappa shape index (κ3) is 3.61. The van der Waals surface area contributed by atoms with Crippen LogP contribution in [0, 0.1) is 5.92 Å². The van der Waals surface area contributed by atoms with Gasteiger partial charge in [-0.05, 0) is 32.6 Å². The van der Waals surface area contributed by atoms with Gasteiger partial charge in [0, 0.05) is 19.3 Å². The van der Waals surface area contributed by atoms with Gasteiger partial charge in [0.2, 0.25) is 5.88 Å². The van der Waals surface area contributed by atoms with E-state index in [1.54, 1.807) is 6.20 Å². The number of alkyl halides is 2. The van der Waals surface area contributed by atoms with Crippen LogP contribution in [0.5, 0.6) is 5.88 Å². The highest BCUT2D eigenvalue weighted by molar-refractivity contribution is 5.72. The summed E-state index contributed by atoms with van der Waals surface area (Å²) in [6.07, 6.45) is 5.15. The minimum atomic E-state index is -2.92. The van der Waals surface area contributed by atoms with Crippen LogP contribution in [0.25, 0.3) is 11.2 Å². The van der Waals surface area contributed by atoms with E-state index >= 15 is 0 Å². The molecule has 1 saturated heterocycles. The number of ether oxygens (including phenoxy) is 2. The predicted octanol–water partition coefficient (Wildman–Crippen LogP) is 3.06. The van der Waals surface area contributed by atoms with Gasteiger partial charge in [-0.25, -0.2) is 19.7 Å². The van der Waals surface area contributed by atoms with Crippen molar-refractivity contribution in [1.29, 1.82) is 0 Å². The molecule has 1 aliphatic rings. The van der Waals surface area contributed by atoms with E-state index in [4.69, 9.17) is 4.74 Å². The molecule has 11 heteroatoms. The van der Waals surface area contributed by atoms with E-state index in [0.717, 1.165) is 26.1 Å². The van der Waals surface area contributed by atoms with E-state index in [1.165, 1.54) is 12.3 Å². The number of nitrogens with zero attached hydrogens (tertiary/aromatic N) is 5. The molecule has 0 aliphatic carbocycles. The molecule has 4 rings (SSSR count). The molecule has 0 spiro atoms. The monoisotopic (exact) mass is 393 g/mol. The molecule has 1 fully saturated rings. The third-order valence-electron chi connectivity index (χ3n) is 5.07. The Morgan fingerprint density at radius 1 is 1.29 bits per heavy atom. The minimum absolute atomic E-state index is 0.141. The van der Waals surface area contributed by atoms with Crippen LogP contribution < -0.4 is 10.1 Å². The third-order valence-corrected chi connectivity index (χ3v) is 5.07. The molecule has 0 radical (unpaired) electrons. The Bertz CT molecular complexity index is 950. The van der Waals surface area contributed by atoms with Gasteiger partial charge in [0.15, 0.2) is 17.3 Å². The maximum Gasteiger partial charge on any atom is 0.388 e. The van der Waals surface area contributed by atoms with Crippen molar-refractivity contribution in [3.8, 4) is 5.88 Å². The summed E-state index contributed by atoms with van der Waals surface area (Å²) >= 11 is 0. The van der Waals surface area contributed by atoms with Crippen LogP contribution in [-0.4, -0.2) is 49.8 Å². The summed E-state index contributed by atoms with van der Waals surface area (Å²) in [6, 6.07) is 1.32. The highest BCUT2D eigenvalue weighted by Crippen LogP contribution is 2.34. The number of anilines is 2. The number of halogens is 2. The maximum atomic E-state index is 12.3. The van der Waals surface area contributed by atoms with Crippen LogP contribution in [0.15, 0.2) is 18.5 Å². The molecule has 1 aliphatic heterocycles. The van der Waals surface area contributed by atoms with Crippen molar-refractivity contribution in [2.24, 2.45) is 5.92 Å². The highest BCUT2D eigenvalue weighted by atomic mass is 19.3.